The summed E-state index contributed by atoms with van der Waals surface area (Å²) in [6.45, 7) is 6.20. The maximum atomic E-state index is 12.3. The molecule has 2 aromatic carbocycles. The van der Waals surface area contributed by atoms with Gasteiger partial charge in [0, 0.05) is 10.6 Å². The minimum atomic E-state index is -0.127. The normalized spacial score (nSPS) is 12.0. The first-order valence-electron chi connectivity index (χ1n) is 8.21. The topological polar surface area (TPSA) is 29.1 Å². The van der Waals surface area contributed by atoms with Gasteiger partial charge >= 0.3 is 0 Å². The third-order valence-electron chi connectivity index (χ3n) is 3.74. The highest BCUT2D eigenvalue weighted by molar-refractivity contribution is 8.00. The largest absolute Gasteiger partial charge is 0.325 e. The summed E-state index contributed by atoms with van der Waals surface area (Å²) in [6.07, 6.45) is 3.51. The molecule has 1 amide bonds. The van der Waals surface area contributed by atoms with E-state index in [4.69, 9.17) is 0 Å². The Morgan fingerprint density at radius 2 is 1.74 bits per heavy atom. The average molecular weight is 327 g/mol. The number of unbranched alkanes of at least 4 members (excludes halogenated alkanes) is 1. The molecule has 2 aromatic rings. The van der Waals surface area contributed by atoms with Gasteiger partial charge < -0.3 is 5.32 Å². The number of carbonyl (C=O) groups is 1. The maximum absolute atomic E-state index is 12.3. The molecule has 122 valence electrons. The Bertz CT molecular complexity index is 619. The Labute approximate surface area is 143 Å². The molecule has 0 aliphatic rings. The molecule has 0 unspecified atom stereocenters. The minimum Gasteiger partial charge on any atom is -0.325 e. The molecular formula is C20H25NOS. The van der Waals surface area contributed by atoms with Crippen molar-refractivity contribution >= 4 is 23.4 Å². The zero-order valence-electron chi connectivity index (χ0n) is 14.1. The zero-order valence-corrected chi connectivity index (χ0v) is 15.0. The zero-order chi connectivity index (χ0) is 16.7. The van der Waals surface area contributed by atoms with Crippen LogP contribution in [0.25, 0.3) is 0 Å². The first kappa shape index (κ1) is 17.6. The third-order valence-corrected chi connectivity index (χ3v) is 4.86. The summed E-state index contributed by atoms with van der Waals surface area (Å²) in [7, 11) is 0. The lowest BCUT2D eigenvalue weighted by Gasteiger charge is -2.12. The van der Waals surface area contributed by atoms with Crippen LogP contribution in [-0.4, -0.2) is 11.2 Å². The van der Waals surface area contributed by atoms with Gasteiger partial charge in [-0.2, -0.15) is 0 Å². The summed E-state index contributed by atoms with van der Waals surface area (Å²) in [5.74, 6) is 0.0388. The van der Waals surface area contributed by atoms with Gasteiger partial charge in [0.2, 0.25) is 5.91 Å². The van der Waals surface area contributed by atoms with Crippen LogP contribution < -0.4 is 5.32 Å². The molecule has 2 nitrogen and oxygen atoms in total. The molecule has 0 saturated carbocycles. The number of hydrogen-bond donors (Lipinski definition) is 1. The van der Waals surface area contributed by atoms with E-state index >= 15 is 0 Å². The predicted octanol–water partition coefficient (Wildman–Crippen LogP) is 5.46. The number of carbonyl (C=O) groups excluding carboxylic acids is 1. The molecule has 0 saturated heterocycles. The van der Waals surface area contributed by atoms with Crippen molar-refractivity contribution in [3.8, 4) is 0 Å². The summed E-state index contributed by atoms with van der Waals surface area (Å²) in [5, 5.41) is 2.87. The molecule has 0 spiro atoms. The number of benzene rings is 2. The molecule has 2 rings (SSSR count). The first-order chi connectivity index (χ1) is 11.1. The van der Waals surface area contributed by atoms with Crippen LogP contribution in [0.4, 0.5) is 5.69 Å². The Kier molecular flexibility index (Phi) is 6.72. The van der Waals surface area contributed by atoms with Crippen molar-refractivity contribution in [2.45, 2.75) is 50.2 Å². The molecule has 3 heteroatoms. The number of hydrogen-bond acceptors (Lipinski definition) is 2. The van der Waals surface area contributed by atoms with Gasteiger partial charge in [-0.25, -0.2) is 0 Å². The fourth-order valence-electron chi connectivity index (χ4n) is 2.25. The fourth-order valence-corrected chi connectivity index (χ4v) is 3.12. The van der Waals surface area contributed by atoms with Crippen molar-refractivity contribution in [2.24, 2.45) is 0 Å². The van der Waals surface area contributed by atoms with Gasteiger partial charge in [0.05, 0.1) is 5.25 Å². The molecule has 23 heavy (non-hydrogen) atoms. The Morgan fingerprint density at radius 1 is 1.09 bits per heavy atom. The van der Waals surface area contributed by atoms with Crippen molar-refractivity contribution in [1.29, 1.82) is 0 Å². The van der Waals surface area contributed by atoms with E-state index in [2.05, 4.69) is 55.6 Å². The molecule has 0 heterocycles. The van der Waals surface area contributed by atoms with Gasteiger partial charge in [-0.05, 0) is 56.5 Å². The highest BCUT2D eigenvalue weighted by Gasteiger charge is 2.14. The van der Waals surface area contributed by atoms with Crippen LogP contribution in [0, 0.1) is 6.92 Å². The van der Waals surface area contributed by atoms with E-state index in [1.807, 2.05) is 19.1 Å². The standard InChI is InChI=1S/C20H25NOS/c1-4-5-6-17-9-11-18(12-10-17)21-20(22)16(3)23-19-13-7-15(2)8-14-19/h7-14,16H,4-6H2,1-3H3,(H,21,22)/t16-/m0/s1. The van der Waals surface area contributed by atoms with Gasteiger partial charge in [0.1, 0.15) is 0 Å². The van der Waals surface area contributed by atoms with Crippen molar-refractivity contribution in [3.63, 3.8) is 0 Å². The van der Waals surface area contributed by atoms with Gasteiger partial charge in [-0.15, -0.1) is 11.8 Å². The second-order valence-electron chi connectivity index (χ2n) is 5.86. The number of nitrogens with one attached hydrogen (secondary N) is 1. The van der Waals surface area contributed by atoms with E-state index in [1.165, 1.54) is 24.0 Å². The lowest BCUT2D eigenvalue weighted by atomic mass is 10.1. The summed E-state index contributed by atoms with van der Waals surface area (Å²) >= 11 is 1.58. The van der Waals surface area contributed by atoms with Crippen LogP contribution in [0.2, 0.25) is 0 Å². The molecule has 0 radical (unpaired) electrons. The van der Waals surface area contributed by atoms with Gasteiger partial charge in [0.15, 0.2) is 0 Å². The van der Waals surface area contributed by atoms with E-state index in [-0.39, 0.29) is 11.2 Å². The summed E-state index contributed by atoms with van der Waals surface area (Å²) in [6, 6.07) is 16.5. The Balaban J connectivity index is 1.88. The number of thioether (sulfide) groups is 1. The number of aryl methyl sites for hydroxylation is 2. The van der Waals surface area contributed by atoms with E-state index in [9.17, 15) is 4.79 Å². The molecule has 0 aliphatic carbocycles. The number of amides is 1. The Hall–Kier alpha value is -1.74. The summed E-state index contributed by atoms with van der Waals surface area (Å²) in [4.78, 5) is 13.4. The van der Waals surface area contributed by atoms with E-state index in [1.54, 1.807) is 11.8 Å². The average Bonchev–Trinajstić information content (AvgIpc) is 2.56. The third kappa shape index (κ3) is 5.76. The molecule has 1 atom stereocenters. The molecule has 0 fully saturated rings. The molecule has 0 aromatic heterocycles. The first-order valence-corrected chi connectivity index (χ1v) is 9.09. The van der Waals surface area contributed by atoms with Crippen LogP contribution in [0.15, 0.2) is 53.4 Å². The van der Waals surface area contributed by atoms with Gasteiger partial charge in [0.25, 0.3) is 0 Å². The molecule has 0 aliphatic heterocycles. The summed E-state index contributed by atoms with van der Waals surface area (Å²) in [5.41, 5.74) is 3.42. The van der Waals surface area contributed by atoms with Crippen molar-refractivity contribution in [1.82, 2.24) is 0 Å². The lowest BCUT2D eigenvalue weighted by Crippen LogP contribution is -2.22. The second-order valence-corrected chi connectivity index (χ2v) is 7.28. The molecule has 0 bridgehead atoms. The monoisotopic (exact) mass is 327 g/mol. The second kappa shape index (κ2) is 8.78. The molecular weight excluding hydrogens is 302 g/mol. The van der Waals surface area contributed by atoms with Crippen LogP contribution in [0.1, 0.15) is 37.8 Å². The highest BCUT2D eigenvalue weighted by atomic mass is 32.2. The maximum Gasteiger partial charge on any atom is 0.237 e. The fraction of sp³-hybridized carbons (Fsp3) is 0.350. The van der Waals surface area contributed by atoms with Gasteiger partial charge in [-0.3, -0.25) is 4.79 Å². The lowest BCUT2D eigenvalue weighted by molar-refractivity contribution is -0.115. The number of rotatable bonds is 7. The van der Waals surface area contributed by atoms with Crippen LogP contribution in [0.5, 0.6) is 0 Å². The highest BCUT2D eigenvalue weighted by Crippen LogP contribution is 2.24. The quantitative estimate of drug-likeness (QED) is 0.684. The van der Waals surface area contributed by atoms with E-state index < -0.39 is 0 Å². The van der Waals surface area contributed by atoms with Crippen LogP contribution >= 0.6 is 11.8 Å². The smallest absolute Gasteiger partial charge is 0.237 e. The van der Waals surface area contributed by atoms with Gasteiger partial charge in [-0.1, -0.05) is 43.2 Å². The minimum absolute atomic E-state index is 0.0388. The predicted molar refractivity (Wildman–Crippen MR) is 100 cm³/mol. The number of anilines is 1. The van der Waals surface area contributed by atoms with Crippen molar-refractivity contribution in [3.05, 3.63) is 59.7 Å². The van der Waals surface area contributed by atoms with Crippen molar-refractivity contribution < 1.29 is 4.79 Å². The van der Waals surface area contributed by atoms with E-state index in [0.29, 0.717) is 0 Å². The Morgan fingerprint density at radius 3 is 2.35 bits per heavy atom. The SMILES string of the molecule is CCCCc1ccc(NC(=O)[C@H](C)Sc2ccc(C)cc2)cc1. The van der Waals surface area contributed by atoms with Crippen molar-refractivity contribution in [2.75, 3.05) is 5.32 Å². The van der Waals surface area contributed by atoms with Crippen LogP contribution in [-0.2, 0) is 11.2 Å². The summed E-state index contributed by atoms with van der Waals surface area (Å²) < 4.78 is 0. The van der Waals surface area contributed by atoms with E-state index in [0.717, 1.165) is 17.0 Å². The van der Waals surface area contributed by atoms with Crippen LogP contribution in [0.3, 0.4) is 0 Å². The molecule has 1 N–H and O–H groups in total.